The lowest BCUT2D eigenvalue weighted by atomic mass is 9.91. The summed E-state index contributed by atoms with van der Waals surface area (Å²) in [7, 11) is 1.96. The molecule has 3 aromatic rings. The fraction of sp³-hybridized carbons (Fsp3) is 0.391. The van der Waals surface area contributed by atoms with Gasteiger partial charge in [0, 0.05) is 31.3 Å². The molecule has 150 valence electrons. The first-order chi connectivity index (χ1) is 13.9. The van der Waals surface area contributed by atoms with Crippen LogP contribution in [0.15, 0.2) is 24.3 Å². The van der Waals surface area contributed by atoms with Crippen LogP contribution < -0.4 is 4.74 Å². The molecule has 29 heavy (non-hydrogen) atoms. The molecule has 1 saturated heterocycles. The quantitative estimate of drug-likeness (QED) is 0.654. The van der Waals surface area contributed by atoms with Crippen LogP contribution in [0.1, 0.15) is 51.8 Å². The monoisotopic (exact) mass is 393 g/mol. The SMILES string of the molecule is Cc1cc(F)ccc1[C@@H]1CCc2c(C(=O)N3CCC3)cc3c(nc(C)n3C)c2O1. The predicted octanol–water partition coefficient (Wildman–Crippen LogP) is 4.24. The van der Waals surface area contributed by atoms with Crippen molar-refractivity contribution < 1.29 is 13.9 Å². The molecule has 2 aliphatic rings. The number of halogens is 1. The number of aromatic nitrogens is 2. The second kappa shape index (κ2) is 6.58. The number of rotatable bonds is 2. The van der Waals surface area contributed by atoms with Gasteiger partial charge in [-0.2, -0.15) is 0 Å². The van der Waals surface area contributed by atoms with Gasteiger partial charge in [-0.25, -0.2) is 9.37 Å². The number of aryl methyl sites for hydroxylation is 3. The van der Waals surface area contributed by atoms with Crippen LogP contribution >= 0.6 is 0 Å². The van der Waals surface area contributed by atoms with Gasteiger partial charge in [0.15, 0.2) is 5.75 Å². The molecule has 5 rings (SSSR count). The zero-order valence-electron chi connectivity index (χ0n) is 17.0. The Labute approximate surface area is 169 Å². The maximum atomic E-state index is 13.6. The molecular formula is C23H24FN3O2. The summed E-state index contributed by atoms with van der Waals surface area (Å²) in [6.45, 7) is 5.48. The van der Waals surface area contributed by atoms with E-state index in [2.05, 4.69) is 0 Å². The van der Waals surface area contributed by atoms with E-state index in [1.54, 1.807) is 12.1 Å². The number of benzene rings is 2. The van der Waals surface area contributed by atoms with Crippen LogP contribution in [0.2, 0.25) is 0 Å². The van der Waals surface area contributed by atoms with Gasteiger partial charge < -0.3 is 14.2 Å². The van der Waals surface area contributed by atoms with E-state index in [9.17, 15) is 9.18 Å². The number of imidazole rings is 1. The zero-order valence-corrected chi connectivity index (χ0v) is 17.0. The number of carbonyl (C=O) groups excluding carboxylic acids is 1. The minimum atomic E-state index is -0.243. The molecule has 0 bridgehead atoms. The van der Waals surface area contributed by atoms with E-state index in [-0.39, 0.29) is 17.8 Å². The molecule has 2 aliphatic heterocycles. The lowest BCUT2D eigenvalue weighted by molar-refractivity contribution is 0.0648. The summed E-state index contributed by atoms with van der Waals surface area (Å²) in [5.74, 6) is 1.41. The van der Waals surface area contributed by atoms with E-state index >= 15 is 0 Å². The molecule has 1 amide bonds. The first kappa shape index (κ1) is 18.2. The third kappa shape index (κ3) is 2.81. The molecule has 1 aromatic heterocycles. The number of hydrogen-bond acceptors (Lipinski definition) is 3. The summed E-state index contributed by atoms with van der Waals surface area (Å²) in [6.07, 6.45) is 2.36. The fourth-order valence-electron chi connectivity index (χ4n) is 4.40. The van der Waals surface area contributed by atoms with Crippen molar-refractivity contribution in [2.75, 3.05) is 13.1 Å². The van der Waals surface area contributed by atoms with Crippen LogP contribution in [0.5, 0.6) is 5.75 Å². The largest absolute Gasteiger partial charge is 0.483 e. The number of nitrogens with zero attached hydrogens (tertiary/aromatic N) is 3. The number of amides is 1. The number of hydrogen-bond donors (Lipinski definition) is 0. The first-order valence-corrected chi connectivity index (χ1v) is 10.1. The topological polar surface area (TPSA) is 47.4 Å². The molecular weight excluding hydrogens is 369 g/mol. The van der Waals surface area contributed by atoms with Gasteiger partial charge in [0.2, 0.25) is 0 Å². The molecule has 0 unspecified atom stereocenters. The van der Waals surface area contributed by atoms with Crippen molar-refractivity contribution in [1.82, 2.24) is 14.5 Å². The van der Waals surface area contributed by atoms with Crippen molar-refractivity contribution in [3.05, 3.63) is 58.2 Å². The smallest absolute Gasteiger partial charge is 0.254 e. The van der Waals surface area contributed by atoms with Crippen LogP contribution in [0.4, 0.5) is 4.39 Å². The van der Waals surface area contributed by atoms with Gasteiger partial charge >= 0.3 is 0 Å². The van der Waals surface area contributed by atoms with Crippen molar-refractivity contribution in [1.29, 1.82) is 0 Å². The van der Waals surface area contributed by atoms with E-state index in [0.717, 1.165) is 71.5 Å². The normalized spacial score (nSPS) is 18.3. The van der Waals surface area contributed by atoms with E-state index in [4.69, 9.17) is 9.72 Å². The molecule has 0 spiro atoms. The Morgan fingerprint density at radius 3 is 2.72 bits per heavy atom. The van der Waals surface area contributed by atoms with Gasteiger partial charge in [0.05, 0.1) is 5.52 Å². The lowest BCUT2D eigenvalue weighted by Crippen LogP contribution is -2.42. The molecule has 0 saturated carbocycles. The Balaban J connectivity index is 1.64. The average Bonchev–Trinajstić information content (AvgIpc) is 2.94. The molecule has 6 heteroatoms. The van der Waals surface area contributed by atoms with E-state index in [1.165, 1.54) is 6.07 Å². The van der Waals surface area contributed by atoms with Crippen LogP contribution in [-0.2, 0) is 13.5 Å². The standard InChI is InChI=1S/C23H24FN3O2/c1-13-11-15(24)5-6-16(13)20-8-7-17-18(23(28)27-9-4-10-27)12-19-21(22(17)29-20)25-14(2)26(19)3/h5-6,11-12,20H,4,7-10H2,1-3H3/t20-/m0/s1. The van der Waals surface area contributed by atoms with Gasteiger partial charge in [0.25, 0.3) is 5.91 Å². The maximum absolute atomic E-state index is 13.6. The van der Waals surface area contributed by atoms with Crippen molar-refractivity contribution in [2.24, 2.45) is 7.05 Å². The molecule has 0 radical (unpaired) electrons. The third-order valence-electron chi connectivity index (χ3n) is 6.33. The number of carbonyl (C=O) groups is 1. The van der Waals surface area contributed by atoms with Crippen molar-refractivity contribution in [3.63, 3.8) is 0 Å². The third-order valence-corrected chi connectivity index (χ3v) is 6.33. The summed E-state index contributed by atoms with van der Waals surface area (Å²) in [4.78, 5) is 19.7. The van der Waals surface area contributed by atoms with Gasteiger partial charge in [0.1, 0.15) is 23.3 Å². The Hall–Kier alpha value is -2.89. The second-order valence-electron chi connectivity index (χ2n) is 8.11. The van der Waals surface area contributed by atoms with Crippen LogP contribution in [-0.4, -0.2) is 33.4 Å². The molecule has 1 fully saturated rings. The Morgan fingerprint density at radius 1 is 1.24 bits per heavy atom. The zero-order chi connectivity index (χ0) is 20.3. The van der Waals surface area contributed by atoms with E-state index < -0.39 is 0 Å². The first-order valence-electron chi connectivity index (χ1n) is 10.1. The summed E-state index contributed by atoms with van der Waals surface area (Å²) in [5, 5.41) is 0. The van der Waals surface area contributed by atoms with Crippen molar-refractivity contribution >= 4 is 16.9 Å². The Morgan fingerprint density at radius 2 is 2.03 bits per heavy atom. The number of ether oxygens (including phenoxy) is 1. The number of fused-ring (bicyclic) bond motifs is 3. The van der Waals surface area contributed by atoms with Crippen molar-refractivity contribution in [2.45, 2.75) is 39.2 Å². The minimum Gasteiger partial charge on any atom is -0.483 e. The van der Waals surface area contributed by atoms with Crippen LogP contribution in [0, 0.1) is 19.7 Å². The van der Waals surface area contributed by atoms with E-state index in [0.29, 0.717) is 5.75 Å². The maximum Gasteiger partial charge on any atom is 0.254 e. The molecule has 5 nitrogen and oxygen atoms in total. The Bertz CT molecular complexity index is 1150. The minimum absolute atomic E-state index is 0.0771. The summed E-state index contributed by atoms with van der Waals surface area (Å²) >= 11 is 0. The highest BCUT2D eigenvalue weighted by molar-refractivity contribution is 6.02. The highest BCUT2D eigenvalue weighted by Gasteiger charge is 2.32. The molecule has 0 N–H and O–H groups in total. The molecule has 1 atom stereocenters. The summed E-state index contributed by atoms with van der Waals surface area (Å²) in [5.41, 5.74) is 5.23. The highest BCUT2D eigenvalue weighted by Crippen LogP contribution is 2.42. The van der Waals surface area contributed by atoms with Crippen molar-refractivity contribution in [3.8, 4) is 5.75 Å². The van der Waals surface area contributed by atoms with E-state index in [1.807, 2.05) is 36.4 Å². The molecule has 0 aliphatic carbocycles. The number of likely N-dealkylation sites (tertiary alicyclic amines) is 1. The van der Waals surface area contributed by atoms with Gasteiger partial charge in [-0.15, -0.1) is 0 Å². The summed E-state index contributed by atoms with van der Waals surface area (Å²) < 4.78 is 22.0. The van der Waals surface area contributed by atoms with Gasteiger partial charge in [-0.05, 0) is 62.4 Å². The van der Waals surface area contributed by atoms with Crippen LogP contribution in [0.25, 0.3) is 11.0 Å². The van der Waals surface area contributed by atoms with Crippen LogP contribution in [0.3, 0.4) is 0 Å². The second-order valence-corrected chi connectivity index (χ2v) is 8.11. The fourth-order valence-corrected chi connectivity index (χ4v) is 4.40. The van der Waals surface area contributed by atoms with Gasteiger partial charge in [-0.1, -0.05) is 6.07 Å². The average molecular weight is 393 g/mol. The highest BCUT2D eigenvalue weighted by atomic mass is 19.1. The summed E-state index contributed by atoms with van der Waals surface area (Å²) in [6, 6.07) is 6.79. The predicted molar refractivity (Wildman–Crippen MR) is 109 cm³/mol. The lowest BCUT2D eigenvalue weighted by Gasteiger charge is -2.33. The van der Waals surface area contributed by atoms with Gasteiger partial charge in [-0.3, -0.25) is 4.79 Å². The molecule has 2 aromatic carbocycles. The molecule has 3 heterocycles. The Kier molecular flexibility index (Phi) is 4.12.